The zero-order valence-corrected chi connectivity index (χ0v) is 11.9. The maximum Gasteiger partial charge on any atom is 0.0208 e. The average molecular weight is 249 g/mol. The van der Waals surface area contributed by atoms with Crippen molar-refractivity contribution in [1.82, 2.24) is 5.32 Å². The molecule has 0 amide bonds. The Morgan fingerprint density at radius 1 is 1.29 bits per heavy atom. The Morgan fingerprint density at radius 3 is 2.53 bits per heavy atom. The number of benzene rings is 1. The topological polar surface area (TPSA) is 12.0 Å². The Balaban J connectivity index is 1.89. The van der Waals surface area contributed by atoms with Crippen molar-refractivity contribution in [3.8, 4) is 0 Å². The summed E-state index contributed by atoms with van der Waals surface area (Å²) < 4.78 is 0. The van der Waals surface area contributed by atoms with Gasteiger partial charge in [-0.3, -0.25) is 0 Å². The van der Waals surface area contributed by atoms with Crippen LogP contribution in [0.5, 0.6) is 0 Å². The van der Waals surface area contributed by atoms with Crippen molar-refractivity contribution in [2.45, 2.75) is 50.6 Å². The van der Waals surface area contributed by atoms with Crippen LogP contribution in [-0.4, -0.2) is 12.3 Å². The minimum Gasteiger partial charge on any atom is -0.309 e. The van der Waals surface area contributed by atoms with Gasteiger partial charge < -0.3 is 5.32 Å². The van der Waals surface area contributed by atoms with E-state index >= 15 is 0 Å². The molecule has 0 heterocycles. The summed E-state index contributed by atoms with van der Waals surface area (Å²) in [5.41, 5.74) is 1.87. The van der Waals surface area contributed by atoms with Gasteiger partial charge in [0.2, 0.25) is 0 Å². The van der Waals surface area contributed by atoms with Gasteiger partial charge in [0.1, 0.15) is 0 Å². The molecule has 0 aliphatic heterocycles. The van der Waals surface area contributed by atoms with Crippen LogP contribution >= 0.6 is 11.8 Å². The van der Waals surface area contributed by atoms with E-state index in [9.17, 15) is 0 Å². The lowest BCUT2D eigenvalue weighted by molar-refractivity contribution is 0.282. The van der Waals surface area contributed by atoms with Gasteiger partial charge in [0.05, 0.1) is 0 Å². The minimum absolute atomic E-state index is 0.471. The molecule has 1 unspecified atom stereocenters. The van der Waals surface area contributed by atoms with Crippen LogP contribution < -0.4 is 5.32 Å². The minimum atomic E-state index is 0.471. The van der Waals surface area contributed by atoms with Gasteiger partial charge in [-0.25, -0.2) is 0 Å². The number of nitrogens with one attached hydrogen (secondary N) is 1. The predicted octanol–water partition coefficient (Wildman–Crippen LogP) is 4.08. The van der Waals surface area contributed by atoms with Crippen LogP contribution in [0.3, 0.4) is 0 Å². The molecule has 1 aromatic carbocycles. The molecule has 0 saturated heterocycles. The second kappa shape index (κ2) is 5.45. The molecule has 2 heteroatoms. The lowest BCUT2D eigenvalue weighted by atomic mass is 9.87. The van der Waals surface area contributed by atoms with Gasteiger partial charge in [-0.15, -0.1) is 11.8 Å². The molecular formula is C15H23NS. The summed E-state index contributed by atoms with van der Waals surface area (Å²) in [7, 11) is 0. The molecule has 1 nitrogen and oxygen atoms in total. The van der Waals surface area contributed by atoms with Gasteiger partial charge in [0.25, 0.3) is 0 Å². The molecule has 1 atom stereocenters. The number of hydrogen-bond donors (Lipinski definition) is 1. The maximum atomic E-state index is 3.72. The fraction of sp³-hybridized carbons (Fsp3) is 0.600. The summed E-state index contributed by atoms with van der Waals surface area (Å²) in [6.07, 6.45) is 6.18. The fourth-order valence-corrected chi connectivity index (χ4v) is 3.10. The summed E-state index contributed by atoms with van der Waals surface area (Å²) in [6.45, 7) is 5.77. The van der Waals surface area contributed by atoms with Gasteiger partial charge in [0.15, 0.2) is 0 Å². The quantitative estimate of drug-likeness (QED) is 0.807. The molecule has 1 N–H and O–H groups in total. The zero-order chi connectivity index (χ0) is 12.3. The first-order valence-electron chi connectivity index (χ1n) is 6.48. The van der Waals surface area contributed by atoms with Crippen LogP contribution in [0.15, 0.2) is 29.2 Å². The molecule has 94 valence electrons. The Hall–Kier alpha value is -0.470. The highest BCUT2D eigenvalue weighted by molar-refractivity contribution is 7.98. The Morgan fingerprint density at radius 2 is 2.00 bits per heavy atom. The molecule has 1 saturated carbocycles. The first-order valence-corrected chi connectivity index (χ1v) is 7.70. The monoisotopic (exact) mass is 249 g/mol. The molecule has 1 fully saturated rings. The van der Waals surface area contributed by atoms with Crippen LogP contribution in [-0.2, 0) is 6.54 Å². The second-order valence-electron chi connectivity index (χ2n) is 5.66. The summed E-state index contributed by atoms with van der Waals surface area (Å²) in [6, 6.07) is 9.58. The molecule has 0 spiro atoms. The third kappa shape index (κ3) is 3.26. The van der Waals surface area contributed by atoms with Crippen LogP contribution in [0.4, 0.5) is 0 Å². The third-order valence-electron chi connectivity index (χ3n) is 3.97. The molecule has 1 aromatic rings. The van der Waals surface area contributed by atoms with Gasteiger partial charge >= 0.3 is 0 Å². The highest BCUT2D eigenvalue weighted by atomic mass is 32.2. The van der Waals surface area contributed by atoms with Crippen molar-refractivity contribution in [3.63, 3.8) is 0 Å². The van der Waals surface area contributed by atoms with Crippen molar-refractivity contribution in [1.29, 1.82) is 0 Å². The van der Waals surface area contributed by atoms with E-state index in [2.05, 4.69) is 49.7 Å². The smallest absolute Gasteiger partial charge is 0.0208 e. The lowest BCUT2D eigenvalue weighted by Crippen LogP contribution is -2.37. The van der Waals surface area contributed by atoms with E-state index < -0.39 is 0 Å². The van der Waals surface area contributed by atoms with Gasteiger partial charge in [-0.2, -0.15) is 0 Å². The number of hydrogen-bond acceptors (Lipinski definition) is 2. The molecule has 2 rings (SSSR count). The first kappa shape index (κ1) is 13.0. The summed E-state index contributed by atoms with van der Waals surface area (Å²) in [4.78, 5) is 1.34. The van der Waals surface area contributed by atoms with Crippen molar-refractivity contribution >= 4 is 11.8 Å². The zero-order valence-electron chi connectivity index (χ0n) is 11.1. The number of rotatable bonds is 4. The highest BCUT2D eigenvalue weighted by Gasteiger charge is 2.33. The van der Waals surface area contributed by atoms with Gasteiger partial charge in [0, 0.05) is 17.5 Å². The predicted molar refractivity (Wildman–Crippen MR) is 76.5 cm³/mol. The van der Waals surface area contributed by atoms with Crippen molar-refractivity contribution in [3.05, 3.63) is 29.8 Å². The van der Waals surface area contributed by atoms with Crippen molar-refractivity contribution < 1.29 is 0 Å². The summed E-state index contributed by atoms with van der Waals surface area (Å²) >= 11 is 1.80. The van der Waals surface area contributed by atoms with E-state index in [0.717, 1.165) is 6.54 Å². The van der Waals surface area contributed by atoms with E-state index in [1.54, 1.807) is 11.8 Å². The van der Waals surface area contributed by atoms with Crippen LogP contribution in [0, 0.1) is 5.41 Å². The highest BCUT2D eigenvalue weighted by Crippen LogP contribution is 2.37. The van der Waals surface area contributed by atoms with Crippen molar-refractivity contribution in [2.24, 2.45) is 5.41 Å². The first-order chi connectivity index (χ1) is 8.12. The average Bonchev–Trinajstić information content (AvgIpc) is 2.66. The van der Waals surface area contributed by atoms with Gasteiger partial charge in [-0.05, 0) is 42.2 Å². The SMILES string of the molecule is CSc1ccc(CNC2CCCC2(C)C)cc1. The Labute approximate surface area is 109 Å². The van der Waals surface area contributed by atoms with E-state index in [4.69, 9.17) is 0 Å². The molecular weight excluding hydrogens is 226 g/mol. The third-order valence-corrected chi connectivity index (χ3v) is 4.71. The molecule has 17 heavy (non-hydrogen) atoms. The normalized spacial score (nSPS) is 22.9. The molecule has 1 aliphatic rings. The van der Waals surface area contributed by atoms with Gasteiger partial charge in [-0.1, -0.05) is 32.4 Å². The Bertz CT molecular complexity index is 356. The van der Waals surface area contributed by atoms with E-state index in [1.807, 2.05) is 0 Å². The number of thioether (sulfide) groups is 1. The molecule has 0 bridgehead atoms. The second-order valence-corrected chi connectivity index (χ2v) is 6.54. The lowest BCUT2D eigenvalue weighted by Gasteiger charge is -2.28. The standard InChI is InChI=1S/C15H23NS/c1-15(2)10-4-5-14(15)16-11-12-6-8-13(17-3)9-7-12/h6-9,14,16H,4-5,10-11H2,1-3H3. The summed E-state index contributed by atoms with van der Waals surface area (Å²) in [5, 5.41) is 3.72. The molecule has 0 aromatic heterocycles. The largest absolute Gasteiger partial charge is 0.309 e. The molecule has 1 aliphatic carbocycles. The Kier molecular flexibility index (Phi) is 4.16. The van der Waals surface area contributed by atoms with Crippen molar-refractivity contribution in [2.75, 3.05) is 6.26 Å². The van der Waals surface area contributed by atoms with E-state index in [1.165, 1.54) is 29.7 Å². The fourth-order valence-electron chi connectivity index (χ4n) is 2.69. The molecule has 0 radical (unpaired) electrons. The van der Waals surface area contributed by atoms with Crippen LogP contribution in [0.25, 0.3) is 0 Å². The van der Waals surface area contributed by atoms with Crippen LogP contribution in [0.2, 0.25) is 0 Å². The maximum absolute atomic E-state index is 3.72. The van der Waals surface area contributed by atoms with E-state index in [-0.39, 0.29) is 0 Å². The van der Waals surface area contributed by atoms with E-state index in [0.29, 0.717) is 11.5 Å². The van der Waals surface area contributed by atoms with Crippen LogP contribution in [0.1, 0.15) is 38.7 Å². The summed E-state index contributed by atoms with van der Waals surface area (Å²) in [5.74, 6) is 0.